The molecular formula is C15H15N4O2S+. The van der Waals surface area contributed by atoms with Crippen molar-refractivity contribution >= 4 is 21.6 Å². The first-order valence-electron chi connectivity index (χ1n) is 6.88. The first-order valence-corrected chi connectivity index (χ1v) is 8.28. The minimum atomic E-state index is -3.53. The molecule has 7 heteroatoms. The highest BCUT2D eigenvalue weighted by atomic mass is 32.2. The lowest BCUT2D eigenvalue weighted by Crippen LogP contribution is -2.32. The summed E-state index contributed by atoms with van der Waals surface area (Å²) in [6.45, 7) is 1.22. The van der Waals surface area contributed by atoms with Gasteiger partial charge in [0.25, 0.3) is 0 Å². The Balaban J connectivity index is 1.82. The second-order valence-electron chi connectivity index (χ2n) is 5.02. The SMILES string of the molecule is N#[N+]c1ccc(N2CCN(Cc3ccccc3)S2(=O)=O)cc1. The van der Waals surface area contributed by atoms with Gasteiger partial charge in [-0.2, -0.15) is 12.7 Å². The van der Waals surface area contributed by atoms with E-state index in [0.29, 0.717) is 31.0 Å². The highest BCUT2D eigenvalue weighted by Crippen LogP contribution is 2.28. The monoisotopic (exact) mass is 315 g/mol. The third kappa shape index (κ3) is 2.66. The van der Waals surface area contributed by atoms with Crippen LogP contribution in [0.1, 0.15) is 5.56 Å². The van der Waals surface area contributed by atoms with E-state index in [1.54, 1.807) is 24.3 Å². The van der Waals surface area contributed by atoms with Gasteiger partial charge in [0.2, 0.25) is 5.39 Å². The lowest BCUT2D eigenvalue weighted by Gasteiger charge is -2.19. The van der Waals surface area contributed by atoms with Crippen LogP contribution in [0.25, 0.3) is 4.98 Å². The Kier molecular flexibility index (Phi) is 3.79. The molecule has 112 valence electrons. The van der Waals surface area contributed by atoms with Gasteiger partial charge in [-0.05, 0) is 17.7 Å². The van der Waals surface area contributed by atoms with Crippen LogP contribution in [0.3, 0.4) is 0 Å². The van der Waals surface area contributed by atoms with Crippen molar-refractivity contribution in [1.82, 2.24) is 4.31 Å². The van der Waals surface area contributed by atoms with E-state index >= 15 is 0 Å². The first kappa shape index (κ1) is 14.5. The van der Waals surface area contributed by atoms with Gasteiger partial charge in [-0.3, -0.25) is 4.31 Å². The summed E-state index contributed by atoms with van der Waals surface area (Å²) in [5, 5.41) is 8.69. The van der Waals surface area contributed by atoms with E-state index in [0.717, 1.165) is 5.56 Å². The van der Waals surface area contributed by atoms with Crippen LogP contribution in [0.2, 0.25) is 0 Å². The highest BCUT2D eigenvalue weighted by molar-refractivity contribution is 7.90. The van der Waals surface area contributed by atoms with Crippen LogP contribution in [0, 0.1) is 5.39 Å². The summed E-state index contributed by atoms with van der Waals surface area (Å²) >= 11 is 0. The smallest absolute Gasteiger partial charge is 0.256 e. The molecule has 1 aliphatic heterocycles. The molecule has 0 amide bonds. The number of hydrogen-bond donors (Lipinski definition) is 0. The molecule has 22 heavy (non-hydrogen) atoms. The summed E-state index contributed by atoms with van der Waals surface area (Å²) < 4.78 is 28.1. The molecule has 2 aromatic rings. The third-order valence-electron chi connectivity index (χ3n) is 3.61. The molecule has 6 nitrogen and oxygen atoms in total. The third-order valence-corrected chi connectivity index (χ3v) is 5.53. The van der Waals surface area contributed by atoms with Gasteiger partial charge in [0, 0.05) is 31.8 Å². The van der Waals surface area contributed by atoms with Gasteiger partial charge in [-0.25, -0.2) is 0 Å². The fraction of sp³-hybridized carbons (Fsp3) is 0.200. The zero-order valence-corrected chi connectivity index (χ0v) is 12.6. The second kappa shape index (κ2) is 5.75. The van der Waals surface area contributed by atoms with Crippen molar-refractivity contribution in [3.63, 3.8) is 0 Å². The van der Waals surface area contributed by atoms with Crippen molar-refractivity contribution in [3.05, 3.63) is 65.1 Å². The van der Waals surface area contributed by atoms with Crippen molar-refractivity contribution in [2.45, 2.75) is 6.54 Å². The van der Waals surface area contributed by atoms with Gasteiger partial charge in [0.15, 0.2) is 4.98 Å². The zero-order valence-electron chi connectivity index (χ0n) is 11.8. The lowest BCUT2D eigenvalue weighted by atomic mass is 10.2. The Morgan fingerprint density at radius 1 is 1.00 bits per heavy atom. The molecule has 0 saturated carbocycles. The maximum atomic E-state index is 12.6. The first-order chi connectivity index (χ1) is 10.6. The molecular weight excluding hydrogens is 300 g/mol. The molecule has 0 atom stereocenters. The van der Waals surface area contributed by atoms with Crippen LogP contribution < -0.4 is 4.31 Å². The van der Waals surface area contributed by atoms with Crippen LogP contribution in [0.15, 0.2) is 54.6 Å². The van der Waals surface area contributed by atoms with Crippen molar-refractivity contribution < 1.29 is 8.42 Å². The molecule has 0 aromatic heterocycles. The van der Waals surface area contributed by atoms with E-state index in [2.05, 4.69) is 4.98 Å². The summed E-state index contributed by atoms with van der Waals surface area (Å²) in [6.07, 6.45) is 0. The number of rotatable bonds is 3. The number of anilines is 1. The predicted molar refractivity (Wildman–Crippen MR) is 84.3 cm³/mol. The molecule has 0 aliphatic carbocycles. The topological polar surface area (TPSA) is 68.8 Å². The van der Waals surface area contributed by atoms with Crippen LogP contribution in [0.5, 0.6) is 0 Å². The largest absolute Gasteiger partial charge is 0.385 e. The van der Waals surface area contributed by atoms with Crippen LogP contribution >= 0.6 is 0 Å². The van der Waals surface area contributed by atoms with E-state index < -0.39 is 10.2 Å². The number of benzene rings is 2. The highest BCUT2D eigenvalue weighted by Gasteiger charge is 2.36. The van der Waals surface area contributed by atoms with E-state index in [-0.39, 0.29) is 0 Å². The lowest BCUT2D eigenvalue weighted by molar-refractivity contribution is 0.446. The molecule has 0 radical (unpaired) electrons. The molecule has 0 bridgehead atoms. The van der Waals surface area contributed by atoms with Crippen molar-refractivity contribution in [3.8, 4) is 0 Å². The number of hydrogen-bond acceptors (Lipinski definition) is 3. The molecule has 1 aliphatic rings. The summed E-state index contributed by atoms with van der Waals surface area (Å²) in [5.74, 6) is 0. The minimum Gasteiger partial charge on any atom is -0.256 e. The van der Waals surface area contributed by atoms with Crippen LogP contribution in [0.4, 0.5) is 11.4 Å². The molecule has 0 N–H and O–H groups in total. The summed E-state index contributed by atoms with van der Waals surface area (Å²) in [4.78, 5) is 3.07. The molecule has 2 aromatic carbocycles. The van der Waals surface area contributed by atoms with Crippen molar-refractivity contribution in [2.24, 2.45) is 0 Å². The maximum Gasteiger partial charge on any atom is 0.385 e. The Morgan fingerprint density at radius 3 is 2.32 bits per heavy atom. The van der Waals surface area contributed by atoms with E-state index in [9.17, 15) is 8.42 Å². The number of nitrogens with zero attached hydrogens (tertiary/aromatic N) is 4. The average molecular weight is 315 g/mol. The zero-order chi connectivity index (χ0) is 15.6. The normalized spacial score (nSPS) is 17.3. The van der Waals surface area contributed by atoms with Gasteiger partial charge >= 0.3 is 15.9 Å². The van der Waals surface area contributed by atoms with E-state index in [1.165, 1.54) is 8.61 Å². The van der Waals surface area contributed by atoms with Gasteiger partial charge in [-0.1, -0.05) is 30.3 Å². The second-order valence-corrected chi connectivity index (χ2v) is 6.87. The average Bonchev–Trinajstić information content (AvgIpc) is 2.83. The summed E-state index contributed by atoms with van der Waals surface area (Å²) in [6, 6.07) is 15.9. The molecule has 1 saturated heterocycles. The Morgan fingerprint density at radius 2 is 1.68 bits per heavy atom. The molecule has 3 rings (SSSR count). The van der Waals surface area contributed by atoms with Crippen LogP contribution in [-0.4, -0.2) is 25.8 Å². The summed E-state index contributed by atoms with van der Waals surface area (Å²) in [5.41, 5.74) is 1.92. The Hall–Kier alpha value is -2.43. The fourth-order valence-electron chi connectivity index (χ4n) is 2.47. The minimum absolute atomic E-state index is 0.365. The maximum absolute atomic E-state index is 12.6. The number of diazo groups is 1. The Labute approximate surface area is 129 Å². The van der Waals surface area contributed by atoms with Gasteiger partial charge in [0.1, 0.15) is 0 Å². The van der Waals surface area contributed by atoms with Gasteiger partial charge in [-0.15, -0.1) is 0 Å². The van der Waals surface area contributed by atoms with E-state index in [4.69, 9.17) is 5.39 Å². The molecule has 1 fully saturated rings. The molecule has 1 heterocycles. The standard InChI is InChI=1S/C15H15N4O2S/c16-17-14-6-8-15(9-7-14)19-11-10-18(22(19,20)21)12-13-4-2-1-3-5-13/h1-9H,10-12H2/q+1. The van der Waals surface area contributed by atoms with Gasteiger partial charge in [0.05, 0.1) is 5.69 Å². The molecule has 0 unspecified atom stereocenters. The Bertz CT molecular complexity index is 798. The van der Waals surface area contributed by atoms with Crippen LogP contribution in [-0.2, 0) is 16.8 Å². The fourth-order valence-corrected chi connectivity index (χ4v) is 4.07. The molecule has 0 spiro atoms. The van der Waals surface area contributed by atoms with Crippen molar-refractivity contribution in [2.75, 3.05) is 17.4 Å². The van der Waals surface area contributed by atoms with Gasteiger partial charge < -0.3 is 0 Å². The van der Waals surface area contributed by atoms with Crippen molar-refractivity contribution in [1.29, 1.82) is 5.39 Å². The summed E-state index contributed by atoms with van der Waals surface area (Å²) in [7, 11) is -3.53. The quantitative estimate of drug-likeness (QED) is 0.818. The predicted octanol–water partition coefficient (Wildman–Crippen LogP) is 2.74. The van der Waals surface area contributed by atoms with E-state index in [1.807, 2.05) is 30.3 Å².